The number of nitrogens with zero attached hydrogens (tertiary/aromatic N) is 1. The monoisotopic (exact) mass is 466 g/mol. The minimum absolute atomic E-state index is 0.0156. The summed E-state index contributed by atoms with van der Waals surface area (Å²) in [6.45, 7) is 1.84. The molecule has 8 nitrogen and oxygen atoms in total. The second kappa shape index (κ2) is 9.15. The lowest BCUT2D eigenvalue weighted by molar-refractivity contribution is -0.119. The van der Waals surface area contributed by atoms with Gasteiger partial charge in [0.05, 0.1) is 36.6 Å². The molecule has 1 fully saturated rings. The molecular formula is C21H23ClN2O6S. The first-order valence-electron chi connectivity index (χ1n) is 9.53. The van der Waals surface area contributed by atoms with Crippen molar-refractivity contribution >= 4 is 39.1 Å². The number of methoxy groups -OCH3 is 2. The number of hydrogen-bond donors (Lipinski definition) is 1. The highest BCUT2D eigenvalue weighted by atomic mass is 35.5. The molecule has 1 unspecified atom stereocenters. The molecule has 10 heteroatoms. The van der Waals surface area contributed by atoms with Crippen molar-refractivity contribution in [2.45, 2.75) is 13.3 Å². The highest BCUT2D eigenvalue weighted by Crippen LogP contribution is 2.34. The van der Waals surface area contributed by atoms with Gasteiger partial charge in [0.25, 0.3) is 5.91 Å². The number of halogens is 1. The number of nitrogens with one attached hydrogen (secondary N) is 1. The van der Waals surface area contributed by atoms with Gasteiger partial charge in [-0.15, -0.1) is 0 Å². The zero-order chi connectivity index (χ0) is 22.8. The lowest BCUT2D eigenvalue weighted by Gasteiger charge is -2.18. The number of ether oxygens (including phenoxy) is 2. The maximum atomic E-state index is 12.6. The van der Waals surface area contributed by atoms with Crippen molar-refractivity contribution in [1.29, 1.82) is 0 Å². The van der Waals surface area contributed by atoms with Crippen LogP contribution in [0.25, 0.3) is 0 Å². The second-order valence-electron chi connectivity index (χ2n) is 7.13. The number of anilines is 1. The summed E-state index contributed by atoms with van der Waals surface area (Å²) in [5, 5.41) is 2.86. The average Bonchev–Trinajstić information content (AvgIpc) is 2.94. The fourth-order valence-electron chi connectivity index (χ4n) is 3.37. The fraction of sp³-hybridized carbons (Fsp3) is 0.333. The molecule has 166 valence electrons. The smallest absolute Gasteiger partial charge is 0.251 e. The molecule has 2 amide bonds. The Hall–Kier alpha value is -2.78. The number of amides is 2. The van der Waals surface area contributed by atoms with E-state index in [0.29, 0.717) is 28.8 Å². The van der Waals surface area contributed by atoms with Gasteiger partial charge in [0, 0.05) is 12.1 Å². The SMILES string of the molecule is COc1ccc(OC)c(CCNC(=O)c2ccc(Cl)c(N3C(=O)C(C)CS3(=O)=O)c2)c1. The van der Waals surface area contributed by atoms with Crippen LogP contribution in [0.1, 0.15) is 22.8 Å². The second-order valence-corrected chi connectivity index (χ2v) is 9.40. The minimum Gasteiger partial charge on any atom is -0.497 e. The van der Waals surface area contributed by atoms with Crippen LogP contribution in [-0.4, -0.2) is 46.7 Å². The Morgan fingerprint density at radius 3 is 2.55 bits per heavy atom. The molecule has 1 heterocycles. The maximum Gasteiger partial charge on any atom is 0.251 e. The van der Waals surface area contributed by atoms with Crippen LogP contribution in [-0.2, 0) is 21.2 Å². The summed E-state index contributed by atoms with van der Waals surface area (Å²) >= 11 is 6.15. The van der Waals surface area contributed by atoms with Crippen LogP contribution in [0.2, 0.25) is 5.02 Å². The Balaban J connectivity index is 1.75. The van der Waals surface area contributed by atoms with Gasteiger partial charge in [-0.3, -0.25) is 9.59 Å². The summed E-state index contributed by atoms with van der Waals surface area (Å²) in [5.41, 5.74) is 1.04. The molecule has 0 saturated carbocycles. The standard InChI is InChI=1S/C21H23ClN2O6S/c1-13-12-31(27,28)24(21(13)26)18-11-15(4-6-17(18)22)20(25)23-9-8-14-10-16(29-2)5-7-19(14)30-3/h4-7,10-11,13H,8-9,12H2,1-3H3,(H,23,25). The van der Waals surface area contributed by atoms with Crippen molar-refractivity contribution in [2.75, 3.05) is 30.8 Å². The molecule has 0 spiro atoms. The van der Waals surface area contributed by atoms with Crippen molar-refractivity contribution in [3.05, 3.63) is 52.5 Å². The van der Waals surface area contributed by atoms with E-state index in [4.69, 9.17) is 21.1 Å². The molecule has 0 bridgehead atoms. The Kier molecular flexibility index (Phi) is 6.76. The van der Waals surface area contributed by atoms with Crippen LogP contribution in [0.5, 0.6) is 11.5 Å². The van der Waals surface area contributed by atoms with E-state index >= 15 is 0 Å². The molecule has 1 saturated heterocycles. The first-order valence-corrected chi connectivity index (χ1v) is 11.5. The van der Waals surface area contributed by atoms with Crippen molar-refractivity contribution in [3.63, 3.8) is 0 Å². The van der Waals surface area contributed by atoms with Gasteiger partial charge in [-0.1, -0.05) is 18.5 Å². The number of rotatable bonds is 7. The van der Waals surface area contributed by atoms with Crippen molar-refractivity contribution in [3.8, 4) is 11.5 Å². The lowest BCUT2D eigenvalue weighted by atomic mass is 10.1. The highest BCUT2D eigenvalue weighted by molar-refractivity contribution is 7.94. The first kappa shape index (κ1) is 22.9. The van der Waals surface area contributed by atoms with E-state index in [-0.39, 0.29) is 22.0 Å². The molecule has 0 radical (unpaired) electrons. The van der Waals surface area contributed by atoms with Crippen LogP contribution in [0.15, 0.2) is 36.4 Å². The normalized spacial score (nSPS) is 17.5. The summed E-state index contributed by atoms with van der Waals surface area (Å²) in [6.07, 6.45) is 0.489. The Morgan fingerprint density at radius 2 is 1.94 bits per heavy atom. The molecule has 2 aromatic rings. The van der Waals surface area contributed by atoms with E-state index in [1.807, 2.05) is 6.07 Å². The number of benzene rings is 2. The Labute approximate surface area is 186 Å². The van der Waals surface area contributed by atoms with E-state index in [2.05, 4.69) is 5.32 Å². The number of hydrogen-bond acceptors (Lipinski definition) is 6. The molecular weight excluding hydrogens is 444 g/mol. The van der Waals surface area contributed by atoms with Gasteiger partial charge in [0.1, 0.15) is 11.5 Å². The quantitative estimate of drug-likeness (QED) is 0.673. The van der Waals surface area contributed by atoms with Crippen molar-refractivity contribution in [2.24, 2.45) is 5.92 Å². The Bertz CT molecular complexity index is 1120. The molecule has 1 aliphatic heterocycles. The molecule has 1 atom stereocenters. The topological polar surface area (TPSA) is 102 Å². The highest BCUT2D eigenvalue weighted by Gasteiger charge is 2.43. The van der Waals surface area contributed by atoms with Crippen LogP contribution in [0.3, 0.4) is 0 Å². The third-order valence-corrected chi connectivity index (χ3v) is 7.13. The van der Waals surface area contributed by atoms with Crippen LogP contribution < -0.4 is 19.1 Å². The third-order valence-electron chi connectivity index (χ3n) is 4.96. The van der Waals surface area contributed by atoms with E-state index in [1.165, 1.54) is 25.1 Å². The molecule has 0 aliphatic carbocycles. The number of carbonyl (C=O) groups excluding carboxylic acids is 2. The zero-order valence-electron chi connectivity index (χ0n) is 17.3. The van der Waals surface area contributed by atoms with Crippen LogP contribution in [0, 0.1) is 5.92 Å². The van der Waals surface area contributed by atoms with Crippen LogP contribution in [0.4, 0.5) is 5.69 Å². The average molecular weight is 467 g/mol. The molecule has 3 rings (SSSR count). The molecule has 1 aliphatic rings. The van der Waals surface area contributed by atoms with Gasteiger partial charge in [-0.25, -0.2) is 12.7 Å². The molecule has 0 aromatic heterocycles. The number of carbonyl (C=O) groups is 2. The predicted octanol–water partition coefficient (Wildman–Crippen LogP) is 2.64. The fourth-order valence-corrected chi connectivity index (χ4v) is 5.45. The summed E-state index contributed by atoms with van der Waals surface area (Å²) in [6, 6.07) is 9.60. The lowest BCUT2D eigenvalue weighted by Crippen LogP contribution is -2.31. The van der Waals surface area contributed by atoms with Gasteiger partial charge < -0.3 is 14.8 Å². The molecule has 2 aromatic carbocycles. The van der Waals surface area contributed by atoms with Gasteiger partial charge >= 0.3 is 0 Å². The zero-order valence-corrected chi connectivity index (χ0v) is 18.9. The van der Waals surface area contributed by atoms with Crippen LogP contribution >= 0.6 is 11.6 Å². The van der Waals surface area contributed by atoms with Gasteiger partial charge in [-0.05, 0) is 48.4 Å². The van der Waals surface area contributed by atoms with Gasteiger partial charge in [0.2, 0.25) is 15.9 Å². The summed E-state index contributed by atoms with van der Waals surface area (Å²) in [4.78, 5) is 25.0. The molecule has 1 N–H and O–H groups in total. The largest absolute Gasteiger partial charge is 0.497 e. The van der Waals surface area contributed by atoms with Crippen molar-refractivity contribution < 1.29 is 27.5 Å². The first-order chi connectivity index (χ1) is 14.7. The van der Waals surface area contributed by atoms with E-state index in [9.17, 15) is 18.0 Å². The van der Waals surface area contributed by atoms with E-state index in [1.54, 1.807) is 26.4 Å². The van der Waals surface area contributed by atoms with Crippen molar-refractivity contribution in [1.82, 2.24) is 5.32 Å². The Morgan fingerprint density at radius 1 is 1.19 bits per heavy atom. The number of sulfonamides is 1. The third kappa shape index (κ3) is 4.77. The molecule has 31 heavy (non-hydrogen) atoms. The van der Waals surface area contributed by atoms with Gasteiger partial charge in [0.15, 0.2) is 0 Å². The summed E-state index contributed by atoms with van der Waals surface area (Å²) < 4.78 is 36.0. The van der Waals surface area contributed by atoms with E-state index in [0.717, 1.165) is 5.56 Å². The minimum atomic E-state index is -3.83. The predicted molar refractivity (Wildman–Crippen MR) is 117 cm³/mol. The summed E-state index contributed by atoms with van der Waals surface area (Å²) in [7, 11) is -0.699. The van der Waals surface area contributed by atoms with E-state index < -0.39 is 27.8 Å². The van der Waals surface area contributed by atoms with Gasteiger partial charge in [-0.2, -0.15) is 0 Å². The maximum absolute atomic E-state index is 12.6. The summed E-state index contributed by atoms with van der Waals surface area (Å²) in [5.74, 6) is -0.593.